The van der Waals surface area contributed by atoms with Gasteiger partial charge >= 0.3 is 12.2 Å². The Hall–Kier alpha value is -4.64. The Bertz CT molecular complexity index is 2260. The van der Waals surface area contributed by atoms with Crippen molar-refractivity contribution in [2.75, 3.05) is 37.7 Å². The number of aromatic hydroxyl groups is 1. The average Bonchev–Trinajstić information content (AvgIpc) is 3.58. The van der Waals surface area contributed by atoms with E-state index in [-0.39, 0.29) is 82.7 Å². The van der Waals surface area contributed by atoms with E-state index in [0.29, 0.717) is 37.6 Å². The van der Waals surface area contributed by atoms with Crippen molar-refractivity contribution in [3.05, 3.63) is 47.7 Å². The van der Waals surface area contributed by atoms with E-state index in [9.17, 15) is 27.5 Å². The number of phenolic OH excluding ortho intramolecular Hbond substituents is 1. The molecule has 53 heavy (non-hydrogen) atoms. The first-order chi connectivity index (χ1) is 25.3. The lowest BCUT2D eigenvalue weighted by Gasteiger charge is -2.66. The number of rotatable bonds is 6. The van der Waals surface area contributed by atoms with E-state index in [1.165, 1.54) is 37.4 Å². The lowest BCUT2D eigenvalue weighted by molar-refractivity contribution is -0.208. The number of carbonyl (C=O) groups is 1. The topological polar surface area (TPSA) is 91.7 Å². The Morgan fingerprint density at radius 3 is 2.68 bits per heavy atom. The van der Waals surface area contributed by atoms with Gasteiger partial charge in [0, 0.05) is 49.1 Å². The molecule has 2 aromatic heterocycles. The summed E-state index contributed by atoms with van der Waals surface area (Å²) in [4.78, 5) is 30.2. The molecule has 14 heteroatoms. The van der Waals surface area contributed by atoms with E-state index in [2.05, 4.69) is 26.7 Å². The number of alkyl halides is 4. The smallest absolute Gasteiger partial charge is 0.450 e. The van der Waals surface area contributed by atoms with Crippen molar-refractivity contribution in [1.82, 2.24) is 19.9 Å². The highest BCUT2D eigenvalue weighted by molar-refractivity contribution is 6.03. The highest BCUT2D eigenvalue weighted by Crippen LogP contribution is 2.67. The second-order valence-corrected chi connectivity index (χ2v) is 15.6. The number of hydrogen-bond donors (Lipinski definition) is 1. The molecule has 3 bridgehead atoms. The van der Waals surface area contributed by atoms with E-state index < -0.39 is 52.6 Å². The molecule has 11 rings (SSSR count). The van der Waals surface area contributed by atoms with Crippen LogP contribution < -0.4 is 9.64 Å². The van der Waals surface area contributed by atoms with Crippen LogP contribution >= 0.6 is 0 Å². The van der Waals surface area contributed by atoms with Gasteiger partial charge in [0.25, 0.3) is 0 Å². The van der Waals surface area contributed by atoms with E-state index in [4.69, 9.17) is 9.72 Å². The number of benzene rings is 2. The lowest BCUT2D eigenvalue weighted by Crippen LogP contribution is -2.66. The van der Waals surface area contributed by atoms with Crippen molar-refractivity contribution in [2.45, 2.75) is 63.3 Å². The summed E-state index contributed by atoms with van der Waals surface area (Å²) < 4.78 is 94.4. The molecule has 8 nitrogen and oxygen atoms in total. The third-order valence-electron chi connectivity index (χ3n) is 12.4. The maximum atomic E-state index is 17.1. The molecule has 2 unspecified atom stereocenters. The summed E-state index contributed by atoms with van der Waals surface area (Å²) in [5.74, 6) is 0.394. The van der Waals surface area contributed by atoms with Gasteiger partial charge < -0.3 is 14.7 Å². The summed E-state index contributed by atoms with van der Waals surface area (Å²) in [5.41, 5.74) is -1.60. The second kappa shape index (κ2) is 11.9. The van der Waals surface area contributed by atoms with Gasteiger partial charge in [-0.2, -0.15) is 23.1 Å². The van der Waals surface area contributed by atoms with Crippen LogP contribution in [-0.2, 0) is 4.79 Å². The van der Waals surface area contributed by atoms with Gasteiger partial charge in [0.1, 0.15) is 41.4 Å². The summed E-state index contributed by atoms with van der Waals surface area (Å²) in [5, 5.41) is 11.5. The predicted octanol–water partition coefficient (Wildman–Crippen LogP) is 7.14. The Morgan fingerprint density at radius 2 is 1.91 bits per heavy atom. The van der Waals surface area contributed by atoms with Gasteiger partial charge in [-0.05, 0) is 86.4 Å². The molecule has 0 radical (unpaired) electrons. The van der Waals surface area contributed by atoms with Crippen molar-refractivity contribution in [3.8, 4) is 34.9 Å². The second-order valence-electron chi connectivity index (χ2n) is 15.6. The Labute approximate surface area is 300 Å². The van der Waals surface area contributed by atoms with Crippen LogP contribution in [-0.4, -0.2) is 81.4 Å². The van der Waals surface area contributed by atoms with E-state index >= 15 is 8.78 Å². The molecule has 4 aromatic rings. The molecule has 7 heterocycles. The van der Waals surface area contributed by atoms with Crippen LogP contribution in [0.2, 0.25) is 0 Å². The van der Waals surface area contributed by atoms with E-state index in [1.54, 1.807) is 4.90 Å². The number of aromatic nitrogens is 3. The number of fused-ring (bicyclic) bond motifs is 3. The predicted molar refractivity (Wildman–Crippen MR) is 183 cm³/mol. The molecule has 2 saturated carbocycles. The zero-order chi connectivity index (χ0) is 37.0. The van der Waals surface area contributed by atoms with Crippen LogP contribution in [0.25, 0.3) is 32.9 Å². The summed E-state index contributed by atoms with van der Waals surface area (Å²) >= 11 is 0. The molecule has 7 aliphatic rings. The van der Waals surface area contributed by atoms with Crippen LogP contribution in [0.15, 0.2) is 30.5 Å². The number of anilines is 1. The molecular formula is C39H35F6N5O3. The maximum absolute atomic E-state index is 17.1. The molecule has 2 aliphatic carbocycles. The third kappa shape index (κ3) is 5.32. The standard InChI is InChI=1S/C39H35F6N5O3/c1-2-4-25-28(41)6-5-21-9-24(51)10-26(29(21)25)32-31(42)33-27(15-46-32)35(48-36(47-33)53-19-38-7-3-8-50(38)18-23(40)14-38)49-16-20-11-37(12-20)13-22(17-49)30(37)34(52)39(43,44)45/h5-6,9-10,15,20,22-23,30,51H,3,7-8,11-14,16-19H2,1H3/t20?,22?,23-,30?,37?,38+/m0/s1. The van der Waals surface area contributed by atoms with Gasteiger partial charge in [0.15, 0.2) is 5.82 Å². The molecule has 2 aromatic carbocycles. The number of halogens is 6. The number of pyridine rings is 1. The molecule has 4 atom stereocenters. The molecule has 5 aliphatic heterocycles. The number of ketones is 1. The van der Waals surface area contributed by atoms with Crippen molar-refractivity contribution >= 4 is 33.3 Å². The summed E-state index contributed by atoms with van der Waals surface area (Å²) in [6, 6.07) is 5.15. The minimum Gasteiger partial charge on any atom is -0.508 e. The van der Waals surface area contributed by atoms with E-state index in [0.717, 1.165) is 13.0 Å². The normalized spacial score (nSPS) is 29.2. The maximum Gasteiger partial charge on any atom is 0.450 e. The fourth-order valence-electron chi connectivity index (χ4n) is 10.4. The average molecular weight is 736 g/mol. The highest BCUT2D eigenvalue weighted by Gasteiger charge is 2.67. The molecule has 276 valence electrons. The number of phenols is 1. The Balaban J connectivity index is 1.18. The first-order valence-electron chi connectivity index (χ1n) is 17.9. The summed E-state index contributed by atoms with van der Waals surface area (Å²) in [6.45, 7) is 3.08. The fourth-order valence-corrected chi connectivity index (χ4v) is 10.4. The number of carbonyl (C=O) groups excluding carboxylic acids is 1. The number of hydrogen-bond acceptors (Lipinski definition) is 8. The molecule has 1 spiro atoms. The first kappa shape index (κ1) is 34.1. The summed E-state index contributed by atoms with van der Waals surface area (Å²) in [7, 11) is 0. The van der Waals surface area contributed by atoms with Crippen LogP contribution in [0.4, 0.5) is 32.2 Å². The minimum absolute atomic E-state index is 0.00235. The molecule has 0 amide bonds. The van der Waals surface area contributed by atoms with Crippen molar-refractivity contribution in [3.63, 3.8) is 0 Å². The SMILES string of the molecule is CC#Cc1c(F)ccc2cc(O)cc(-c3ncc4c(N5CC6CC7(C6)CC(C5)C7C(=O)C(F)(F)F)nc(OC[C@]56CCCN5C[C@@H](F)C6)nc4c3F)c12. The number of Topliss-reactive ketones (excluding diaryl/α,β-unsaturated/α-hetero) is 1. The van der Waals surface area contributed by atoms with Crippen LogP contribution in [0.3, 0.4) is 0 Å². The van der Waals surface area contributed by atoms with Crippen LogP contribution in [0, 0.1) is 46.6 Å². The third-order valence-corrected chi connectivity index (χ3v) is 12.4. The van der Waals surface area contributed by atoms with Gasteiger partial charge in [-0.1, -0.05) is 12.0 Å². The first-order valence-corrected chi connectivity index (χ1v) is 17.9. The Morgan fingerprint density at radius 1 is 1.09 bits per heavy atom. The fraction of sp³-hybridized carbons (Fsp3) is 0.487. The Kier molecular flexibility index (Phi) is 7.69. The van der Waals surface area contributed by atoms with Gasteiger partial charge in [0.2, 0.25) is 5.78 Å². The van der Waals surface area contributed by atoms with Gasteiger partial charge in [0.05, 0.1) is 16.5 Å². The molecule has 5 saturated heterocycles. The number of nitrogens with zero attached hydrogens (tertiary/aromatic N) is 5. The monoisotopic (exact) mass is 735 g/mol. The molecule has 7 fully saturated rings. The van der Waals surface area contributed by atoms with Crippen molar-refractivity contribution < 1.29 is 41.0 Å². The number of ether oxygens (including phenoxy) is 1. The lowest BCUT2D eigenvalue weighted by atomic mass is 9.40. The zero-order valence-corrected chi connectivity index (χ0v) is 28.7. The highest BCUT2D eigenvalue weighted by atomic mass is 19.4. The minimum atomic E-state index is -4.95. The zero-order valence-electron chi connectivity index (χ0n) is 28.7. The van der Waals surface area contributed by atoms with E-state index in [1.807, 2.05) is 0 Å². The molecular weight excluding hydrogens is 700 g/mol. The van der Waals surface area contributed by atoms with Crippen LogP contribution in [0.5, 0.6) is 11.8 Å². The van der Waals surface area contributed by atoms with Gasteiger partial charge in [-0.15, -0.1) is 5.92 Å². The van der Waals surface area contributed by atoms with Crippen molar-refractivity contribution in [2.24, 2.45) is 23.2 Å². The quantitative estimate of drug-likeness (QED) is 0.165. The van der Waals surface area contributed by atoms with Gasteiger partial charge in [-0.25, -0.2) is 13.2 Å². The van der Waals surface area contributed by atoms with Crippen LogP contribution in [0.1, 0.15) is 51.0 Å². The molecule has 1 N–H and O–H groups in total. The summed E-state index contributed by atoms with van der Waals surface area (Å²) in [6.07, 6.45) is -1.36. The van der Waals surface area contributed by atoms with Crippen molar-refractivity contribution in [1.29, 1.82) is 0 Å². The largest absolute Gasteiger partial charge is 0.508 e. The van der Waals surface area contributed by atoms with Gasteiger partial charge in [-0.3, -0.25) is 14.7 Å².